The number of aromatic nitrogens is 1. The standard InChI is InChI=1S/C24H22F3NO4S/c1-4-19-22(33-23(28-19)16-5-8-18(9-6-16)24(25,26)27)12-10-20(30)17-7-11-21(14(2)13-17)32-31-15(3)29/h5-9,11,13H,4,10,12H2,1-3H3. The van der Waals surface area contributed by atoms with Gasteiger partial charge in [0.15, 0.2) is 11.5 Å². The molecule has 0 fully saturated rings. The molecule has 174 valence electrons. The zero-order chi connectivity index (χ0) is 24.2. The van der Waals surface area contributed by atoms with Crippen LogP contribution in [0, 0.1) is 6.92 Å². The summed E-state index contributed by atoms with van der Waals surface area (Å²) < 4.78 is 38.4. The lowest BCUT2D eigenvalue weighted by Crippen LogP contribution is -2.06. The highest BCUT2D eigenvalue weighted by atomic mass is 32.1. The van der Waals surface area contributed by atoms with E-state index in [4.69, 9.17) is 4.89 Å². The summed E-state index contributed by atoms with van der Waals surface area (Å²) in [6.45, 7) is 4.91. The number of ketones is 1. The molecule has 0 bridgehead atoms. The first-order valence-electron chi connectivity index (χ1n) is 10.2. The van der Waals surface area contributed by atoms with E-state index in [2.05, 4.69) is 9.87 Å². The summed E-state index contributed by atoms with van der Waals surface area (Å²) in [6, 6.07) is 9.76. The van der Waals surface area contributed by atoms with E-state index in [9.17, 15) is 22.8 Å². The van der Waals surface area contributed by atoms with Gasteiger partial charge in [-0.05, 0) is 55.7 Å². The molecule has 0 aliphatic heterocycles. The average molecular weight is 478 g/mol. The fraction of sp³-hybridized carbons (Fsp3) is 0.292. The van der Waals surface area contributed by atoms with Crippen molar-refractivity contribution in [2.75, 3.05) is 0 Å². The van der Waals surface area contributed by atoms with Crippen LogP contribution >= 0.6 is 11.3 Å². The van der Waals surface area contributed by atoms with Crippen molar-refractivity contribution >= 4 is 23.1 Å². The maximum Gasteiger partial charge on any atom is 0.416 e. The Labute approximate surface area is 193 Å². The largest absolute Gasteiger partial charge is 0.416 e. The maximum atomic E-state index is 12.8. The Kier molecular flexibility index (Phi) is 7.53. The smallest absolute Gasteiger partial charge is 0.294 e. The molecule has 3 rings (SSSR count). The Balaban J connectivity index is 1.70. The molecule has 0 aliphatic rings. The fourth-order valence-electron chi connectivity index (χ4n) is 3.17. The molecule has 3 aromatic rings. The van der Waals surface area contributed by atoms with Crippen molar-refractivity contribution in [1.29, 1.82) is 0 Å². The van der Waals surface area contributed by atoms with Gasteiger partial charge in [-0.15, -0.1) is 11.3 Å². The number of Topliss-reactive ketones (excluding diaryl/α,β-unsaturated/α-hetero) is 1. The molecule has 0 amide bonds. The van der Waals surface area contributed by atoms with Crippen LogP contribution in [-0.2, 0) is 28.7 Å². The van der Waals surface area contributed by atoms with Crippen LogP contribution in [0.4, 0.5) is 13.2 Å². The Bertz CT molecular complexity index is 1150. The molecule has 33 heavy (non-hydrogen) atoms. The van der Waals surface area contributed by atoms with E-state index in [0.29, 0.717) is 40.3 Å². The number of halogens is 3. The van der Waals surface area contributed by atoms with Gasteiger partial charge in [0, 0.05) is 29.3 Å². The quantitative estimate of drug-likeness (QED) is 0.214. The lowest BCUT2D eigenvalue weighted by Gasteiger charge is -2.07. The van der Waals surface area contributed by atoms with Crippen molar-refractivity contribution in [3.8, 4) is 16.3 Å². The third-order valence-corrected chi connectivity index (χ3v) is 6.10. The van der Waals surface area contributed by atoms with E-state index in [1.54, 1.807) is 25.1 Å². The molecule has 1 heterocycles. The number of nitrogens with zero attached hydrogens (tertiary/aromatic N) is 1. The fourth-order valence-corrected chi connectivity index (χ4v) is 4.33. The number of benzene rings is 2. The summed E-state index contributed by atoms with van der Waals surface area (Å²) in [5.41, 5.74) is 1.90. The first-order valence-corrected chi connectivity index (χ1v) is 11.0. The van der Waals surface area contributed by atoms with E-state index >= 15 is 0 Å². The minimum Gasteiger partial charge on any atom is -0.294 e. The van der Waals surface area contributed by atoms with Gasteiger partial charge in [0.25, 0.3) is 0 Å². The highest BCUT2D eigenvalue weighted by molar-refractivity contribution is 7.15. The Hall–Kier alpha value is -3.20. The van der Waals surface area contributed by atoms with Crippen molar-refractivity contribution in [3.05, 3.63) is 69.7 Å². The van der Waals surface area contributed by atoms with Gasteiger partial charge in [0.2, 0.25) is 0 Å². The first-order chi connectivity index (χ1) is 15.6. The van der Waals surface area contributed by atoms with Gasteiger partial charge in [0.05, 0.1) is 11.3 Å². The van der Waals surface area contributed by atoms with Crippen molar-refractivity contribution < 1.29 is 32.5 Å². The van der Waals surface area contributed by atoms with E-state index in [1.165, 1.54) is 30.4 Å². The molecule has 1 aromatic heterocycles. The second kappa shape index (κ2) is 10.2. The molecule has 0 atom stereocenters. The van der Waals surface area contributed by atoms with E-state index < -0.39 is 17.7 Å². The van der Waals surface area contributed by atoms with Gasteiger partial charge in [0.1, 0.15) is 5.01 Å². The normalized spacial score (nSPS) is 11.3. The molecular formula is C24H22F3NO4S. The average Bonchev–Trinajstić information content (AvgIpc) is 3.19. The summed E-state index contributed by atoms with van der Waals surface area (Å²) in [5.74, 6) is -0.302. The SMILES string of the molecule is CCc1nc(-c2ccc(C(F)(F)F)cc2)sc1CCC(=O)c1ccc(OOC(C)=O)c(C)c1. The van der Waals surface area contributed by atoms with Gasteiger partial charge in [-0.1, -0.05) is 19.1 Å². The number of carbonyl (C=O) groups excluding carboxylic acids is 2. The predicted molar refractivity (Wildman–Crippen MR) is 118 cm³/mol. The first kappa shape index (κ1) is 24.4. The van der Waals surface area contributed by atoms with Gasteiger partial charge < -0.3 is 0 Å². The number of alkyl halides is 3. The number of carbonyl (C=O) groups is 2. The predicted octanol–water partition coefficient (Wildman–Crippen LogP) is 6.37. The maximum absolute atomic E-state index is 12.8. The molecule has 2 aromatic carbocycles. The van der Waals surface area contributed by atoms with Crippen LogP contribution in [0.1, 0.15) is 52.3 Å². The number of hydrogen-bond acceptors (Lipinski definition) is 6. The molecule has 0 N–H and O–H groups in total. The lowest BCUT2D eigenvalue weighted by molar-refractivity contribution is -0.211. The molecule has 0 spiro atoms. The number of thiazole rings is 1. The topological polar surface area (TPSA) is 65.5 Å². The monoisotopic (exact) mass is 477 g/mol. The highest BCUT2D eigenvalue weighted by Crippen LogP contribution is 2.33. The molecule has 9 heteroatoms. The van der Waals surface area contributed by atoms with Gasteiger partial charge in [-0.3, -0.25) is 14.6 Å². The number of rotatable bonds is 8. The van der Waals surface area contributed by atoms with Crippen LogP contribution in [0.5, 0.6) is 5.75 Å². The minimum atomic E-state index is -4.38. The lowest BCUT2D eigenvalue weighted by atomic mass is 10.0. The molecule has 0 unspecified atom stereocenters. The number of aryl methyl sites for hydroxylation is 3. The molecule has 0 saturated heterocycles. The summed E-state index contributed by atoms with van der Waals surface area (Å²) >= 11 is 1.39. The van der Waals surface area contributed by atoms with Crippen LogP contribution in [0.15, 0.2) is 42.5 Å². The van der Waals surface area contributed by atoms with Crippen molar-refractivity contribution in [2.24, 2.45) is 0 Å². The third kappa shape index (κ3) is 6.19. The van der Waals surface area contributed by atoms with Crippen LogP contribution in [0.3, 0.4) is 0 Å². The van der Waals surface area contributed by atoms with Gasteiger partial charge in [-0.25, -0.2) is 9.78 Å². The van der Waals surface area contributed by atoms with Crippen LogP contribution in [0.2, 0.25) is 0 Å². The van der Waals surface area contributed by atoms with Crippen LogP contribution in [0.25, 0.3) is 10.6 Å². The molecular weight excluding hydrogens is 455 g/mol. The summed E-state index contributed by atoms with van der Waals surface area (Å²) in [6.07, 6.45) is -3.00. The molecule has 5 nitrogen and oxygen atoms in total. The summed E-state index contributed by atoms with van der Waals surface area (Å²) in [7, 11) is 0. The molecule has 0 saturated carbocycles. The Morgan fingerprint density at radius 3 is 2.36 bits per heavy atom. The zero-order valence-corrected chi connectivity index (χ0v) is 19.1. The molecule has 0 radical (unpaired) electrons. The summed E-state index contributed by atoms with van der Waals surface area (Å²) in [5, 5.41) is 0.630. The van der Waals surface area contributed by atoms with Gasteiger partial charge >= 0.3 is 12.1 Å². The third-order valence-electron chi connectivity index (χ3n) is 4.90. The Morgan fingerprint density at radius 1 is 1.09 bits per heavy atom. The van der Waals surface area contributed by atoms with E-state index in [1.807, 2.05) is 6.92 Å². The molecule has 0 aliphatic carbocycles. The van der Waals surface area contributed by atoms with Gasteiger partial charge in [-0.2, -0.15) is 13.2 Å². The summed E-state index contributed by atoms with van der Waals surface area (Å²) in [4.78, 5) is 38.5. The van der Waals surface area contributed by atoms with E-state index in [0.717, 1.165) is 22.7 Å². The minimum absolute atomic E-state index is 0.0660. The van der Waals surface area contributed by atoms with Crippen LogP contribution < -0.4 is 4.89 Å². The zero-order valence-electron chi connectivity index (χ0n) is 18.3. The van der Waals surface area contributed by atoms with E-state index in [-0.39, 0.29) is 12.2 Å². The second-order valence-corrected chi connectivity index (χ2v) is 8.46. The van der Waals surface area contributed by atoms with Crippen LogP contribution in [-0.4, -0.2) is 16.7 Å². The number of hydrogen-bond donors (Lipinski definition) is 0. The highest BCUT2D eigenvalue weighted by Gasteiger charge is 2.30. The van der Waals surface area contributed by atoms with Crippen molar-refractivity contribution in [1.82, 2.24) is 4.98 Å². The van der Waals surface area contributed by atoms with Crippen molar-refractivity contribution in [2.45, 2.75) is 46.2 Å². The van der Waals surface area contributed by atoms with Crippen molar-refractivity contribution in [3.63, 3.8) is 0 Å². The Morgan fingerprint density at radius 2 is 1.79 bits per heavy atom. The second-order valence-electron chi connectivity index (χ2n) is 7.38.